The predicted octanol–water partition coefficient (Wildman–Crippen LogP) is 3.59. The molecule has 6 heteroatoms. The highest BCUT2D eigenvalue weighted by molar-refractivity contribution is 5.75. The third kappa shape index (κ3) is 4.56. The molecule has 26 heavy (non-hydrogen) atoms. The average Bonchev–Trinajstić information content (AvgIpc) is 3.03. The van der Waals surface area contributed by atoms with Crippen LogP contribution < -0.4 is 10.1 Å². The van der Waals surface area contributed by atoms with Crippen LogP contribution in [0.25, 0.3) is 0 Å². The zero-order valence-corrected chi connectivity index (χ0v) is 16.6. The molecule has 0 saturated heterocycles. The predicted molar refractivity (Wildman–Crippen MR) is 103 cm³/mol. The number of hydrogen-bond acceptors (Lipinski definition) is 3. The number of para-hydroxylation sites is 1. The van der Waals surface area contributed by atoms with Crippen molar-refractivity contribution in [2.75, 3.05) is 14.2 Å². The maximum Gasteiger partial charge on any atom is 0.318 e. The Hall–Kier alpha value is -2.50. The highest BCUT2D eigenvalue weighted by atomic mass is 16.5. The van der Waals surface area contributed by atoms with Crippen molar-refractivity contribution in [2.45, 2.75) is 39.3 Å². The fourth-order valence-corrected chi connectivity index (χ4v) is 3.11. The highest BCUT2D eigenvalue weighted by Gasteiger charge is 2.26. The van der Waals surface area contributed by atoms with Crippen molar-refractivity contribution in [1.82, 2.24) is 19.8 Å². The fourth-order valence-electron chi connectivity index (χ4n) is 3.11. The molecule has 1 heterocycles. The van der Waals surface area contributed by atoms with Gasteiger partial charge in [0.25, 0.3) is 0 Å². The summed E-state index contributed by atoms with van der Waals surface area (Å²) < 4.78 is 7.42. The van der Waals surface area contributed by atoms with Crippen LogP contribution in [-0.2, 0) is 7.05 Å². The lowest BCUT2D eigenvalue weighted by Crippen LogP contribution is -2.44. The van der Waals surface area contributed by atoms with Gasteiger partial charge < -0.3 is 19.5 Å². The van der Waals surface area contributed by atoms with Crippen LogP contribution in [0.15, 0.2) is 36.7 Å². The first-order valence-corrected chi connectivity index (χ1v) is 8.98. The van der Waals surface area contributed by atoms with Crippen molar-refractivity contribution in [1.29, 1.82) is 0 Å². The smallest absolute Gasteiger partial charge is 0.318 e. The summed E-state index contributed by atoms with van der Waals surface area (Å²) in [6.45, 7) is 6.39. The minimum absolute atomic E-state index is 0.128. The zero-order valence-electron chi connectivity index (χ0n) is 16.6. The quantitative estimate of drug-likeness (QED) is 0.823. The first-order chi connectivity index (χ1) is 12.3. The summed E-state index contributed by atoms with van der Waals surface area (Å²) in [7, 11) is 5.38. The Bertz CT molecular complexity index is 726. The molecule has 1 N–H and O–H groups in total. The van der Waals surface area contributed by atoms with Crippen molar-refractivity contribution in [3.8, 4) is 5.75 Å². The van der Waals surface area contributed by atoms with Crippen LogP contribution in [0.3, 0.4) is 0 Å². The molecule has 2 aromatic rings. The number of aryl methyl sites for hydroxylation is 1. The number of amides is 2. The number of ether oxygens (including phenoxy) is 1. The minimum atomic E-state index is -0.396. The van der Waals surface area contributed by atoms with E-state index in [1.807, 2.05) is 49.1 Å². The molecule has 2 rings (SSSR count). The second kappa shape index (κ2) is 8.74. The lowest BCUT2D eigenvalue weighted by molar-refractivity contribution is 0.184. The highest BCUT2D eigenvalue weighted by Crippen LogP contribution is 2.29. The lowest BCUT2D eigenvalue weighted by atomic mass is 10.0. The van der Waals surface area contributed by atoms with Crippen molar-refractivity contribution in [3.05, 3.63) is 48.0 Å². The Balaban J connectivity index is 2.31. The Morgan fingerprint density at radius 3 is 2.58 bits per heavy atom. The van der Waals surface area contributed by atoms with Crippen LogP contribution in [0.2, 0.25) is 0 Å². The van der Waals surface area contributed by atoms with Gasteiger partial charge in [-0.3, -0.25) is 0 Å². The van der Waals surface area contributed by atoms with Crippen molar-refractivity contribution < 1.29 is 9.53 Å². The van der Waals surface area contributed by atoms with Crippen LogP contribution >= 0.6 is 0 Å². The summed E-state index contributed by atoms with van der Waals surface area (Å²) in [5, 5.41) is 3.13. The second-order valence-corrected chi connectivity index (χ2v) is 7.11. The van der Waals surface area contributed by atoms with Gasteiger partial charge in [0.2, 0.25) is 0 Å². The Morgan fingerprint density at radius 1 is 1.31 bits per heavy atom. The monoisotopic (exact) mass is 358 g/mol. The van der Waals surface area contributed by atoms with Gasteiger partial charge in [-0.15, -0.1) is 0 Å². The molecule has 0 fully saturated rings. The van der Waals surface area contributed by atoms with Gasteiger partial charge in [-0.25, -0.2) is 9.78 Å². The largest absolute Gasteiger partial charge is 0.496 e. The van der Waals surface area contributed by atoms with E-state index in [0.717, 1.165) is 23.6 Å². The third-order valence-electron chi connectivity index (χ3n) is 4.63. The van der Waals surface area contributed by atoms with Crippen LogP contribution in [0.5, 0.6) is 5.75 Å². The average molecular weight is 358 g/mol. The molecule has 1 aromatic carbocycles. The van der Waals surface area contributed by atoms with E-state index in [0.29, 0.717) is 5.92 Å². The third-order valence-corrected chi connectivity index (χ3v) is 4.63. The Kier molecular flexibility index (Phi) is 6.66. The van der Waals surface area contributed by atoms with Gasteiger partial charge in [-0.1, -0.05) is 32.0 Å². The molecule has 0 aliphatic carbocycles. The molecule has 6 nitrogen and oxygen atoms in total. The zero-order chi connectivity index (χ0) is 19.3. The number of aromatic nitrogens is 2. The number of carbonyl (C=O) groups excluding carboxylic acids is 1. The molecule has 0 saturated carbocycles. The molecule has 2 atom stereocenters. The molecule has 0 aliphatic rings. The van der Waals surface area contributed by atoms with Gasteiger partial charge in [-0.05, 0) is 25.3 Å². The van der Waals surface area contributed by atoms with Gasteiger partial charge in [-0.2, -0.15) is 0 Å². The first-order valence-electron chi connectivity index (χ1n) is 8.98. The van der Waals surface area contributed by atoms with E-state index in [1.54, 1.807) is 18.2 Å². The van der Waals surface area contributed by atoms with Gasteiger partial charge in [0.15, 0.2) is 0 Å². The molecule has 1 aromatic heterocycles. The number of benzene rings is 1. The van der Waals surface area contributed by atoms with E-state index in [9.17, 15) is 4.79 Å². The number of hydrogen-bond donors (Lipinski definition) is 1. The summed E-state index contributed by atoms with van der Waals surface area (Å²) in [6, 6.07) is 7.32. The summed E-state index contributed by atoms with van der Waals surface area (Å²) in [5.41, 5.74) is 0.877. The molecule has 0 spiro atoms. The molecule has 0 radical (unpaired) electrons. The minimum Gasteiger partial charge on any atom is -0.496 e. The summed E-state index contributed by atoms with van der Waals surface area (Å²) in [4.78, 5) is 19.1. The summed E-state index contributed by atoms with van der Waals surface area (Å²) in [5.74, 6) is 2.01. The normalized spacial score (nSPS) is 13.3. The molecule has 0 aliphatic heterocycles. The number of nitrogens with one attached hydrogen (secondary N) is 1. The van der Waals surface area contributed by atoms with E-state index >= 15 is 0 Å². The number of imidazole rings is 1. The number of methoxy groups -OCH3 is 1. The molecular formula is C20H30N4O2. The van der Waals surface area contributed by atoms with E-state index in [-0.39, 0.29) is 12.1 Å². The number of urea groups is 1. The van der Waals surface area contributed by atoms with Crippen molar-refractivity contribution in [3.63, 3.8) is 0 Å². The number of nitrogens with zero attached hydrogens (tertiary/aromatic N) is 3. The summed E-state index contributed by atoms with van der Waals surface area (Å²) in [6.07, 6.45) is 4.55. The van der Waals surface area contributed by atoms with Crippen LogP contribution in [-0.4, -0.2) is 40.7 Å². The summed E-state index contributed by atoms with van der Waals surface area (Å²) >= 11 is 0. The SMILES string of the molecule is COc1ccccc1C(NC(=O)N(C)C(C)CC(C)C)c1nccn1C. The van der Waals surface area contributed by atoms with E-state index < -0.39 is 6.04 Å². The van der Waals surface area contributed by atoms with E-state index in [1.165, 1.54) is 0 Å². The maximum absolute atomic E-state index is 12.9. The van der Waals surface area contributed by atoms with E-state index in [4.69, 9.17) is 4.74 Å². The molecule has 2 unspecified atom stereocenters. The van der Waals surface area contributed by atoms with Gasteiger partial charge in [0, 0.05) is 38.1 Å². The van der Waals surface area contributed by atoms with Crippen molar-refractivity contribution in [2.24, 2.45) is 13.0 Å². The van der Waals surface area contributed by atoms with E-state index in [2.05, 4.69) is 31.1 Å². The first kappa shape index (κ1) is 19.8. The molecule has 142 valence electrons. The second-order valence-electron chi connectivity index (χ2n) is 7.11. The standard InChI is InChI=1S/C20H30N4O2/c1-14(2)13-15(3)24(5)20(25)22-18(19-21-11-12-23(19)4)16-9-7-8-10-17(16)26-6/h7-12,14-15,18H,13H2,1-6H3,(H,22,25). The lowest BCUT2D eigenvalue weighted by Gasteiger charge is -2.29. The Morgan fingerprint density at radius 2 is 2.00 bits per heavy atom. The number of rotatable bonds is 7. The van der Waals surface area contributed by atoms with Gasteiger partial charge >= 0.3 is 6.03 Å². The van der Waals surface area contributed by atoms with Crippen molar-refractivity contribution >= 4 is 6.03 Å². The Labute approximate surface area is 156 Å². The maximum atomic E-state index is 12.9. The van der Waals surface area contributed by atoms with Crippen LogP contribution in [0.4, 0.5) is 4.79 Å². The van der Waals surface area contributed by atoms with Gasteiger partial charge in [0.1, 0.15) is 17.6 Å². The molecular weight excluding hydrogens is 328 g/mol. The fraction of sp³-hybridized carbons (Fsp3) is 0.500. The molecule has 0 bridgehead atoms. The number of carbonyl (C=O) groups is 1. The van der Waals surface area contributed by atoms with Crippen LogP contribution in [0.1, 0.15) is 44.6 Å². The van der Waals surface area contributed by atoms with Crippen LogP contribution in [0, 0.1) is 5.92 Å². The molecule has 2 amide bonds. The van der Waals surface area contributed by atoms with Gasteiger partial charge in [0.05, 0.1) is 7.11 Å². The topological polar surface area (TPSA) is 59.4 Å².